The molecule has 0 radical (unpaired) electrons. The number of aryl methyl sites for hydroxylation is 2. The lowest BCUT2D eigenvalue weighted by Gasteiger charge is -2.12. The molecular weight excluding hydrogens is 374 g/mol. The van der Waals surface area contributed by atoms with Crippen molar-refractivity contribution in [3.05, 3.63) is 64.7 Å². The molecule has 0 saturated heterocycles. The van der Waals surface area contributed by atoms with Gasteiger partial charge in [0.2, 0.25) is 5.91 Å². The van der Waals surface area contributed by atoms with Crippen molar-refractivity contribution in [3.63, 3.8) is 0 Å². The van der Waals surface area contributed by atoms with Crippen molar-refractivity contribution in [1.29, 1.82) is 0 Å². The van der Waals surface area contributed by atoms with Crippen LogP contribution in [0.25, 0.3) is 0 Å². The molecule has 6 nitrogen and oxygen atoms in total. The Morgan fingerprint density at radius 1 is 0.929 bits per heavy atom. The van der Waals surface area contributed by atoms with E-state index in [-0.39, 0.29) is 23.6 Å². The number of hydrogen-bond acceptors (Lipinski definition) is 4. The Bertz CT molecular complexity index is 881. The van der Waals surface area contributed by atoms with E-state index < -0.39 is 5.91 Å². The topological polar surface area (TPSA) is 87.3 Å². The molecule has 0 aliphatic rings. The fourth-order valence-corrected chi connectivity index (χ4v) is 3.46. The van der Waals surface area contributed by atoms with Crippen molar-refractivity contribution in [2.75, 3.05) is 5.75 Å². The summed E-state index contributed by atoms with van der Waals surface area (Å²) >= 11 is 1.27. The Hall–Kier alpha value is -2.80. The predicted molar refractivity (Wildman–Crippen MR) is 111 cm³/mol. The van der Waals surface area contributed by atoms with Crippen molar-refractivity contribution in [2.24, 2.45) is 0 Å². The third-order valence-corrected chi connectivity index (χ3v) is 4.93. The fourth-order valence-electron chi connectivity index (χ4n) is 2.60. The molecule has 3 amide bonds. The third kappa shape index (κ3) is 6.13. The average Bonchev–Trinajstić information content (AvgIpc) is 2.64. The Labute approximate surface area is 169 Å². The lowest BCUT2D eigenvalue weighted by atomic mass is 10.1. The van der Waals surface area contributed by atoms with Crippen LogP contribution in [0.4, 0.5) is 0 Å². The summed E-state index contributed by atoms with van der Waals surface area (Å²) in [7, 11) is 0. The molecule has 7 heteroatoms. The molecule has 2 aromatic carbocycles. The number of carbonyl (C=O) groups is 3. The molecule has 0 bridgehead atoms. The molecule has 0 aromatic heterocycles. The molecule has 0 fully saturated rings. The maximum Gasteiger partial charge on any atom is 0.270 e. The molecular formula is C21H25N3O3S. The van der Waals surface area contributed by atoms with Gasteiger partial charge in [-0.15, -0.1) is 11.8 Å². The van der Waals surface area contributed by atoms with E-state index in [0.717, 1.165) is 11.1 Å². The van der Waals surface area contributed by atoms with E-state index >= 15 is 0 Å². The van der Waals surface area contributed by atoms with Gasteiger partial charge < -0.3 is 5.32 Å². The minimum atomic E-state index is -0.439. The molecule has 0 atom stereocenters. The van der Waals surface area contributed by atoms with Gasteiger partial charge in [0.25, 0.3) is 11.8 Å². The van der Waals surface area contributed by atoms with E-state index in [4.69, 9.17) is 0 Å². The number of amides is 3. The van der Waals surface area contributed by atoms with Gasteiger partial charge in [0, 0.05) is 16.5 Å². The van der Waals surface area contributed by atoms with Crippen LogP contribution in [-0.4, -0.2) is 29.5 Å². The average molecular weight is 400 g/mol. The second-order valence-electron chi connectivity index (χ2n) is 6.73. The van der Waals surface area contributed by atoms with Gasteiger partial charge in [-0.25, -0.2) is 0 Å². The molecule has 0 heterocycles. The molecule has 0 unspecified atom stereocenters. The van der Waals surface area contributed by atoms with Crippen molar-refractivity contribution in [3.8, 4) is 0 Å². The number of nitrogens with one attached hydrogen (secondary N) is 3. The standard InChI is InChI=1S/C21H25N3O3S/c1-13(2)22-19(25)12-28-18-8-6-5-7-17(18)21(27)24-23-20(26)16-10-9-14(3)11-15(16)4/h5-11,13H,12H2,1-4H3,(H,22,25)(H,23,26)(H,24,27). The van der Waals surface area contributed by atoms with Crippen LogP contribution >= 0.6 is 11.8 Å². The van der Waals surface area contributed by atoms with Gasteiger partial charge in [-0.2, -0.15) is 0 Å². The molecule has 0 aliphatic carbocycles. The second kappa shape index (κ2) is 9.94. The monoisotopic (exact) mass is 399 g/mol. The summed E-state index contributed by atoms with van der Waals surface area (Å²) in [5.74, 6) is -0.714. The van der Waals surface area contributed by atoms with Crippen LogP contribution in [0.2, 0.25) is 0 Å². The van der Waals surface area contributed by atoms with Gasteiger partial charge in [-0.05, 0) is 51.5 Å². The highest BCUT2D eigenvalue weighted by molar-refractivity contribution is 8.00. The molecule has 2 aromatic rings. The zero-order chi connectivity index (χ0) is 20.7. The number of hydrogen-bond donors (Lipinski definition) is 3. The first-order chi connectivity index (χ1) is 13.3. The highest BCUT2D eigenvalue weighted by atomic mass is 32.2. The number of benzene rings is 2. The molecule has 2 rings (SSSR count). The van der Waals surface area contributed by atoms with E-state index in [1.807, 2.05) is 39.8 Å². The minimum absolute atomic E-state index is 0.0621. The zero-order valence-corrected chi connectivity index (χ0v) is 17.3. The molecule has 0 aliphatic heterocycles. The van der Waals surface area contributed by atoms with Gasteiger partial charge in [0.1, 0.15) is 0 Å². The molecule has 148 valence electrons. The van der Waals surface area contributed by atoms with E-state index in [0.29, 0.717) is 16.0 Å². The Balaban J connectivity index is 2.00. The van der Waals surface area contributed by atoms with Crippen LogP contribution in [0.3, 0.4) is 0 Å². The van der Waals surface area contributed by atoms with Crippen molar-refractivity contribution in [1.82, 2.24) is 16.2 Å². The quantitative estimate of drug-likeness (QED) is 0.515. The van der Waals surface area contributed by atoms with Gasteiger partial charge in [-0.1, -0.05) is 29.8 Å². The van der Waals surface area contributed by atoms with E-state index in [2.05, 4.69) is 16.2 Å². The summed E-state index contributed by atoms with van der Waals surface area (Å²) in [5, 5.41) is 2.81. The second-order valence-corrected chi connectivity index (χ2v) is 7.75. The number of hydrazine groups is 1. The van der Waals surface area contributed by atoms with Crippen molar-refractivity contribution >= 4 is 29.5 Å². The first kappa shape index (κ1) is 21.5. The SMILES string of the molecule is Cc1ccc(C(=O)NNC(=O)c2ccccc2SCC(=O)NC(C)C)c(C)c1. The van der Waals surface area contributed by atoms with E-state index in [9.17, 15) is 14.4 Å². The van der Waals surface area contributed by atoms with Gasteiger partial charge in [0.05, 0.1) is 11.3 Å². The summed E-state index contributed by atoms with van der Waals surface area (Å²) in [6, 6.07) is 12.5. The summed E-state index contributed by atoms with van der Waals surface area (Å²) in [6.45, 7) is 7.58. The van der Waals surface area contributed by atoms with Crippen LogP contribution in [-0.2, 0) is 4.79 Å². The normalized spacial score (nSPS) is 10.5. The highest BCUT2D eigenvalue weighted by Gasteiger charge is 2.15. The number of carbonyl (C=O) groups excluding carboxylic acids is 3. The minimum Gasteiger partial charge on any atom is -0.353 e. The van der Waals surface area contributed by atoms with E-state index in [1.165, 1.54) is 11.8 Å². The van der Waals surface area contributed by atoms with Crippen molar-refractivity contribution in [2.45, 2.75) is 38.6 Å². The predicted octanol–water partition coefficient (Wildman–Crippen LogP) is 2.99. The fraction of sp³-hybridized carbons (Fsp3) is 0.286. The first-order valence-corrected chi connectivity index (χ1v) is 9.95. The van der Waals surface area contributed by atoms with Gasteiger partial charge in [0.15, 0.2) is 0 Å². The van der Waals surface area contributed by atoms with Crippen LogP contribution in [0.15, 0.2) is 47.4 Å². The van der Waals surface area contributed by atoms with Gasteiger partial charge >= 0.3 is 0 Å². The maximum atomic E-state index is 12.5. The number of thioether (sulfide) groups is 1. The summed E-state index contributed by atoms with van der Waals surface area (Å²) in [6.07, 6.45) is 0. The zero-order valence-electron chi connectivity index (χ0n) is 16.5. The first-order valence-electron chi connectivity index (χ1n) is 8.97. The molecule has 28 heavy (non-hydrogen) atoms. The maximum absolute atomic E-state index is 12.5. The van der Waals surface area contributed by atoms with Crippen LogP contribution in [0.5, 0.6) is 0 Å². The van der Waals surface area contributed by atoms with E-state index in [1.54, 1.807) is 30.3 Å². The number of rotatable bonds is 6. The van der Waals surface area contributed by atoms with Crippen LogP contribution in [0.1, 0.15) is 45.7 Å². The smallest absolute Gasteiger partial charge is 0.270 e. The molecule has 0 spiro atoms. The van der Waals surface area contributed by atoms with Crippen molar-refractivity contribution < 1.29 is 14.4 Å². The Kier molecular flexibility index (Phi) is 7.63. The van der Waals surface area contributed by atoms with Crippen LogP contribution in [0, 0.1) is 13.8 Å². The molecule has 0 saturated carbocycles. The highest BCUT2D eigenvalue weighted by Crippen LogP contribution is 2.22. The molecule has 3 N–H and O–H groups in total. The summed E-state index contributed by atoms with van der Waals surface area (Å²) in [5.41, 5.74) is 7.68. The Morgan fingerprint density at radius 2 is 1.57 bits per heavy atom. The lowest BCUT2D eigenvalue weighted by Crippen LogP contribution is -2.42. The Morgan fingerprint density at radius 3 is 2.21 bits per heavy atom. The lowest BCUT2D eigenvalue weighted by molar-refractivity contribution is -0.119. The van der Waals surface area contributed by atoms with Crippen LogP contribution < -0.4 is 16.2 Å². The van der Waals surface area contributed by atoms with Gasteiger partial charge in [-0.3, -0.25) is 25.2 Å². The summed E-state index contributed by atoms with van der Waals surface area (Å²) in [4.78, 5) is 37.4. The third-order valence-electron chi connectivity index (χ3n) is 3.86. The summed E-state index contributed by atoms with van der Waals surface area (Å²) < 4.78 is 0. The largest absolute Gasteiger partial charge is 0.353 e.